The van der Waals surface area contributed by atoms with Crippen LogP contribution in [0.1, 0.15) is 24.0 Å². The molecule has 0 aliphatic carbocycles. The number of benzene rings is 1. The predicted octanol–water partition coefficient (Wildman–Crippen LogP) is 1.28. The number of hydrogen-bond acceptors (Lipinski definition) is 4. The average Bonchev–Trinajstić information content (AvgIpc) is 2.47. The lowest BCUT2D eigenvalue weighted by Crippen LogP contribution is -2.47. The first-order valence-electron chi connectivity index (χ1n) is 8.20. The number of para-hydroxylation sites is 1. The number of amides is 1. The van der Waals surface area contributed by atoms with Crippen molar-refractivity contribution in [3.05, 3.63) is 29.3 Å². The minimum atomic E-state index is -3.54. The second kappa shape index (κ2) is 7.53. The Kier molecular flexibility index (Phi) is 5.87. The molecule has 24 heavy (non-hydrogen) atoms. The van der Waals surface area contributed by atoms with Gasteiger partial charge in [0.1, 0.15) is 6.54 Å². The van der Waals surface area contributed by atoms with Crippen LogP contribution in [-0.2, 0) is 14.8 Å². The number of sulfonamides is 1. The Labute approximate surface area is 144 Å². The fraction of sp³-hybridized carbons (Fsp3) is 0.588. The van der Waals surface area contributed by atoms with Crippen molar-refractivity contribution in [3.63, 3.8) is 0 Å². The van der Waals surface area contributed by atoms with E-state index in [0.29, 0.717) is 5.69 Å². The van der Waals surface area contributed by atoms with Crippen LogP contribution in [0.15, 0.2) is 18.2 Å². The summed E-state index contributed by atoms with van der Waals surface area (Å²) in [6.45, 7) is 5.41. The number of anilines is 1. The molecule has 0 bridgehead atoms. The number of hydrogen-bond donors (Lipinski definition) is 1. The minimum absolute atomic E-state index is 0.119. The van der Waals surface area contributed by atoms with Gasteiger partial charge in [0.2, 0.25) is 15.9 Å². The van der Waals surface area contributed by atoms with Gasteiger partial charge in [0.05, 0.1) is 11.9 Å². The highest BCUT2D eigenvalue weighted by Gasteiger charge is 2.25. The van der Waals surface area contributed by atoms with Gasteiger partial charge in [-0.15, -0.1) is 0 Å². The van der Waals surface area contributed by atoms with Crippen molar-refractivity contribution < 1.29 is 13.2 Å². The van der Waals surface area contributed by atoms with Crippen molar-refractivity contribution >= 4 is 21.6 Å². The Bertz CT molecular complexity index is 675. The van der Waals surface area contributed by atoms with Crippen LogP contribution in [0.25, 0.3) is 0 Å². The zero-order valence-electron chi connectivity index (χ0n) is 14.9. The summed E-state index contributed by atoms with van der Waals surface area (Å²) in [7, 11) is -1.48. The summed E-state index contributed by atoms with van der Waals surface area (Å²) in [6, 6.07) is 5.71. The highest BCUT2D eigenvalue weighted by molar-refractivity contribution is 7.92. The molecule has 0 aromatic heterocycles. The van der Waals surface area contributed by atoms with Crippen molar-refractivity contribution in [1.29, 1.82) is 0 Å². The molecule has 1 N–H and O–H groups in total. The normalized spacial score (nSPS) is 16.8. The largest absolute Gasteiger partial charge is 0.352 e. The highest BCUT2D eigenvalue weighted by Crippen LogP contribution is 2.26. The molecule has 7 heteroatoms. The highest BCUT2D eigenvalue weighted by atomic mass is 32.2. The van der Waals surface area contributed by atoms with Crippen LogP contribution in [-0.4, -0.2) is 58.2 Å². The zero-order valence-corrected chi connectivity index (χ0v) is 15.7. The van der Waals surface area contributed by atoms with Gasteiger partial charge in [-0.05, 0) is 58.0 Å². The molecule has 1 aliphatic rings. The van der Waals surface area contributed by atoms with E-state index in [1.54, 1.807) is 0 Å². The number of rotatable bonds is 5. The summed E-state index contributed by atoms with van der Waals surface area (Å²) in [5, 5.41) is 2.98. The lowest BCUT2D eigenvalue weighted by atomic mass is 10.1. The van der Waals surface area contributed by atoms with Gasteiger partial charge < -0.3 is 10.2 Å². The molecule has 6 nitrogen and oxygen atoms in total. The number of nitrogens with zero attached hydrogens (tertiary/aromatic N) is 2. The lowest BCUT2D eigenvalue weighted by Gasteiger charge is -2.31. The number of nitrogens with one attached hydrogen (secondary N) is 1. The monoisotopic (exact) mass is 353 g/mol. The number of piperidine rings is 1. The summed E-state index contributed by atoms with van der Waals surface area (Å²) >= 11 is 0. The standard InChI is InChI=1S/C17H27N3O3S/c1-13-6-5-7-14(2)17(13)20(24(4,22)23)12-16(21)18-15-8-10-19(3)11-9-15/h5-7,15H,8-12H2,1-4H3,(H,18,21). The zero-order chi connectivity index (χ0) is 17.9. The third-order valence-corrected chi connectivity index (χ3v) is 5.57. The van der Waals surface area contributed by atoms with E-state index in [-0.39, 0.29) is 18.5 Å². The molecule has 0 saturated carbocycles. The Balaban J connectivity index is 2.14. The topological polar surface area (TPSA) is 69.7 Å². The van der Waals surface area contributed by atoms with Gasteiger partial charge in [-0.3, -0.25) is 9.10 Å². The molecule has 1 aromatic carbocycles. The molecule has 0 unspecified atom stereocenters. The summed E-state index contributed by atoms with van der Waals surface area (Å²) in [5.74, 6) is -0.252. The second-order valence-electron chi connectivity index (χ2n) is 6.66. The van der Waals surface area contributed by atoms with E-state index in [1.807, 2.05) is 32.0 Å². The van der Waals surface area contributed by atoms with E-state index in [2.05, 4.69) is 17.3 Å². The van der Waals surface area contributed by atoms with E-state index < -0.39 is 10.0 Å². The Hall–Kier alpha value is -1.60. The number of likely N-dealkylation sites (tertiary alicyclic amines) is 1. The Morgan fingerprint density at radius 1 is 1.25 bits per heavy atom. The molecule has 1 heterocycles. The van der Waals surface area contributed by atoms with Crippen LogP contribution >= 0.6 is 0 Å². The molecule has 0 spiro atoms. The molecule has 0 radical (unpaired) electrons. The fourth-order valence-electron chi connectivity index (χ4n) is 3.12. The molecule has 1 fully saturated rings. The van der Waals surface area contributed by atoms with Crippen LogP contribution in [0.5, 0.6) is 0 Å². The predicted molar refractivity (Wildman–Crippen MR) is 96.8 cm³/mol. The number of carbonyl (C=O) groups excluding carboxylic acids is 1. The van der Waals surface area contributed by atoms with Crippen LogP contribution in [0.3, 0.4) is 0 Å². The molecule has 1 aromatic rings. The Morgan fingerprint density at radius 2 is 1.79 bits per heavy atom. The van der Waals surface area contributed by atoms with Crippen molar-refractivity contribution in [2.45, 2.75) is 32.7 Å². The van der Waals surface area contributed by atoms with Gasteiger partial charge in [-0.25, -0.2) is 8.42 Å². The van der Waals surface area contributed by atoms with Gasteiger partial charge in [-0.2, -0.15) is 0 Å². The van der Waals surface area contributed by atoms with Gasteiger partial charge in [0, 0.05) is 6.04 Å². The maximum atomic E-state index is 12.4. The maximum absolute atomic E-state index is 12.4. The van der Waals surface area contributed by atoms with Gasteiger partial charge in [0.25, 0.3) is 0 Å². The molecular formula is C17H27N3O3S. The third kappa shape index (κ3) is 4.70. The molecule has 1 aliphatic heterocycles. The number of carbonyl (C=O) groups is 1. The summed E-state index contributed by atoms with van der Waals surface area (Å²) in [6.07, 6.45) is 2.93. The summed E-state index contributed by atoms with van der Waals surface area (Å²) in [4.78, 5) is 14.6. The first-order chi connectivity index (χ1) is 11.2. The van der Waals surface area contributed by atoms with Crippen molar-refractivity contribution in [2.24, 2.45) is 0 Å². The second-order valence-corrected chi connectivity index (χ2v) is 8.56. The Morgan fingerprint density at radius 3 is 2.29 bits per heavy atom. The van der Waals surface area contributed by atoms with Crippen LogP contribution in [0.4, 0.5) is 5.69 Å². The summed E-state index contributed by atoms with van der Waals surface area (Å²) in [5.41, 5.74) is 2.28. The SMILES string of the molecule is Cc1cccc(C)c1N(CC(=O)NC1CCN(C)CC1)S(C)(=O)=O. The maximum Gasteiger partial charge on any atom is 0.240 e. The first-order valence-corrected chi connectivity index (χ1v) is 10.0. The van der Waals surface area contributed by atoms with E-state index >= 15 is 0 Å². The minimum Gasteiger partial charge on any atom is -0.352 e. The van der Waals surface area contributed by atoms with Crippen LogP contribution in [0, 0.1) is 13.8 Å². The van der Waals surface area contributed by atoms with Gasteiger partial charge in [0.15, 0.2) is 0 Å². The fourth-order valence-corrected chi connectivity index (χ4v) is 4.09. The van der Waals surface area contributed by atoms with E-state index in [9.17, 15) is 13.2 Å². The lowest BCUT2D eigenvalue weighted by molar-refractivity contribution is -0.120. The van der Waals surface area contributed by atoms with Crippen molar-refractivity contribution in [3.8, 4) is 0 Å². The van der Waals surface area contributed by atoms with E-state index in [1.165, 1.54) is 4.31 Å². The first kappa shape index (κ1) is 18.7. The van der Waals surface area contributed by atoms with Crippen molar-refractivity contribution in [1.82, 2.24) is 10.2 Å². The summed E-state index contributed by atoms with van der Waals surface area (Å²) < 4.78 is 25.7. The molecular weight excluding hydrogens is 326 g/mol. The van der Waals surface area contributed by atoms with E-state index in [4.69, 9.17) is 0 Å². The van der Waals surface area contributed by atoms with Crippen LogP contribution in [0.2, 0.25) is 0 Å². The van der Waals surface area contributed by atoms with Gasteiger partial charge in [-0.1, -0.05) is 18.2 Å². The van der Waals surface area contributed by atoms with Crippen LogP contribution < -0.4 is 9.62 Å². The third-order valence-electron chi connectivity index (χ3n) is 4.46. The van der Waals surface area contributed by atoms with Gasteiger partial charge >= 0.3 is 0 Å². The molecule has 1 amide bonds. The average molecular weight is 353 g/mol. The smallest absolute Gasteiger partial charge is 0.240 e. The van der Waals surface area contributed by atoms with Crippen molar-refractivity contribution in [2.75, 3.05) is 37.2 Å². The molecule has 134 valence electrons. The quantitative estimate of drug-likeness (QED) is 0.866. The van der Waals surface area contributed by atoms with E-state index in [0.717, 1.165) is 43.3 Å². The number of aryl methyl sites for hydroxylation is 2. The molecule has 2 rings (SSSR count). The molecule has 0 atom stereocenters. The molecule has 1 saturated heterocycles.